The summed E-state index contributed by atoms with van der Waals surface area (Å²) in [7, 11) is 2.05. The van der Waals surface area contributed by atoms with Gasteiger partial charge in [-0.1, -0.05) is 12.1 Å². The molecule has 0 saturated carbocycles. The molecule has 25 heavy (non-hydrogen) atoms. The molecule has 1 aromatic heterocycles. The molecule has 1 saturated heterocycles. The number of nitriles is 1. The second-order valence-corrected chi connectivity index (χ2v) is 6.47. The SMILES string of the molecule is CCc1nc(CN(C)[C@H]2CCN(Cc3cc(C#N)ccc3F)C2)no1. The maximum absolute atomic E-state index is 14.0. The van der Waals surface area contributed by atoms with E-state index in [1.165, 1.54) is 12.1 Å². The molecule has 0 unspecified atom stereocenters. The van der Waals surface area contributed by atoms with Gasteiger partial charge >= 0.3 is 0 Å². The summed E-state index contributed by atoms with van der Waals surface area (Å²) >= 11 is 0. The zero-order valence-corrected chi connectivity index (χ0v) is 14.6. The molecule has 1 fully saturated rings. The van der Waals surface area contributed by atoms with Crippen LogP contribution in [0.2, 0.25) is 0 Å². The zero-order chi connectivity index (χ0) is 17.8. The van der Waals surface area contributed by atoms with Crippen molar-refractivity contribution in [3.63, 3.8) is 0 Å². The van der Waals surface area contributed by atoms with Crippen molar-refractivity contribution in [2.24, 2.45) is 0 Å². The average Bonchev–Trinajstić information content (AvgIpc) is 3.26. The van der Waals surface area contributed by atoms with E-state index in [-0.39, 0.29) is 5.82 Å². The zero-order valence-electron chi connectivity index (χ0n) is 14.6. The van der Waals surface area contributed by atoms with Crippen LogP contribution < -0.4 is 0 Å². The van der Waals surface area contributed by atoms with Gasteiger partial charge in [-0.25, -0.2) is 4.39 Å². The van der Waals surface area contributed by atoms with Crippen molar-refractivity contribution in [1.82, 2.24) is 19.9 Å². The van der Waals surface area contributed by atoms with E-state index in [2.05, 4.69) is 26.0 Å². The van der Waals surface area contributed by atoms with Crippen molar-refractivity contribution in [3.8, 4) is 6.07 Å². The first-order chi connectivity index (χ1) is 12.1. The Morgan fingerprint density at radius 1 is 1.48 bits per heavy atom. The van der Waals surface area contributed by atoms with Gasteiger partial charge in [-0.2, -0.15) is 10.2 Å². The third kappa shape index (κ3) is 4.21. The van der Waals surface area contributed by atoms with E-state index in [4.69, 9.17) is 9.78 Å². The van der Waals surface area contributed by atoms with Crippen molar-refractivity contribution in [3.05, 3.63) is 46.9 Å². The van der Waals surface area contributed by atoms with E-state index in [0.29, 0.717) is 42.0 Å². The van der Waals surface area contributed by atoms with E-state index < -0.39 is 0 Å². The Morgan fingerprint density at radius 3 is 3.04 bits per heavy atom. The van der Waals surface area contributed by atoms with E-state index in [0.717, 1.165) is 25.9 Å². The van der Waals surface area contributed by atoms with E-state index >= 15 is 0 Å². The van der Waals surface area contributed by atoms with Crippen LogP contribution in [0.4, 0.5) is 4.39 Å². The highest BCUT2D eigenvalue weighted by molar-refractivity contribution is 5.33. The fourth-order valence-corrected chi connectivity index (χ4v) is 3.17. The lowest BCUT2D eigenvalue weighted by atomic mass is 10.1. The summed E-state index contributed by atoms with van der Waals surface area (Å²) in [5, 5.41) is 13.0. The highest BCUT2D eigenvalue weighted by atomic mass is 19.1. The standard InChI is InChI=1S/C18H22FN5O/c1-3-18-21-17(22-25-18)12-23(2)15-6-7-24(11-15)10-14-8-13(9-20)4-5-16(14)19/h4-5,8,15H,3,6-7,10-12H2,1-2H3/t15-/m0/s1. The van der Waals surface area contributed by atoms with Crippen molar-refractivity contribution >= 4 is 0 Å². The minimum Gasteiger partial charge on any atom is -0.339 e. The number of likely N-dealkylation sites (tertiary alicyclic amines) is 1. The van der Waals surface area contributed by atoms with Crippen molar-refractivity contribution in [2.75, 3.05) is 20.1 Å². The lowest BCUT2D eigenvalue weighted by Gasteiger charge is -2.23. The summed E-state index contributed by atoms with van der Waals surface area (Å²) in [5.41, 5.74) is 1.07. The third-order valence-corrected chi connectivity index (χ3v) is 4.64. The van der Waals surface area contributed by atoms with Crippen LogP contribution in [0.15, 0.2) is 22.7 Å². The molecular weight excluding hydrogens is 321 g/mol. The van der Waals surface area contributed by atoms with Gasteiger partial charge in [0.2, 0.25) is 5.89 Å². The molecule has 1 aliphatic rings. The summed E-state index contributed by atoms with van der Waals surface area (Å²) < 4.78 is 19.1. The number of aryl methyl sites for hydroxylation is 1. The molecule has 0 radical (unpaired) electrons. The van der Waals surface area contributed by atoms with Crippen molar-refractivity contribution < 1.29 is 8.91 Å². The quantitative estimate of drug-likeness (QED) is 0.802. The molecule has 1 aliphatic heterocycles. The van der Waals surface area contributed by atoms with Crippen LogP contribution in [0.5, 0.6) is 0 Å². The van der Waals surface area contributed by atoms with Crippen LogP contribution in [0, 0.1) is 17.1 Å². The molecule has 2 heterocycles. The molecule has 2 aromatic rings. The maximum atomic E-state index is 14.0. The van der Waals surface area contributed by atoms with Gasteiger partial charge in [-0.15, -0.1) is 0 Å². The summed E-state index contributed by atoms with van der Waals surface area (Å²) in [6.45, 7) is 4.90. The molecule has 0 bridgehead atoms. The monoisotopic (exact) mass is 343 g/mol. The number of hydrogen-bond donors (Lipinski definition) is 0. The molecule has 6 nitrogen and oxygen atoms in total. The Kier molecular flexibility index (Phi) is 5.41. The molecule has 0 N–H and O–H groups in total. The normalized spacial score (nSPS) is 18.0. The summed E-state index contributed by atoms with van der Waals surface area (Å²) in [4.78, 5) is 8.78. The number of aromatic nitrogens is 2. The maximum Gasteiger partial charge on any atom is 0.226 e. The number of likely N-dealkylation sites (N-methyl/N-ethyl adjacent to an activating group) is 1. The Balaban J connectivity index is 1.57. The molecular formula is C18H22FN5O. The smallest absolute Gasteiger partial charge is 0.226 e. The van der Waals surface area contributed by atoms with Crippen LogP contribution in [0.1, 0.15) is 36.2 Å². The van der Waals surface area contributed by atoms with Crippen molar-refractivity contribution in [1.29, 1.82) is 5.26 Å². The minimum atomic E-state index is -0.255. The van der Waals surface area contributed by atoms with Gasteiger partial charge in [-0.05, 0) is 31.7 Å². The number of hydrogen-bond acceptors (Lipinski definition) is 6. The predicted molar refractivity (Wildman–Crippen MR) is 89.9 cm³/mol. The summed E-state index contributed by atoms with van der Waals surface area (Å²) in [5.74, 6) is 1.10. The van der Waals surface area contributed by atoms with Crippen molar-refractivity contribution in [2.45, 2.75) is 38.9 Å². The fourth-order valence-electron chi connectivity index (χ4n) is 3.17. The van der Waals surface area contributed by atoms with Gasteiger partial charge in [0.05, 0.1) is 18.2 Å². The molecule has 3 rings (SSSR count). The highest BCUT2D eigenvalue weighted by Gasteiger charge is 2.27. The first-order valence-electron chi connectivity index (χ1n) is 8.51. The van der Waals surface area contributed by atoms with Crippen LogP contribution in [-0.2, 0) is 19.5 Å². The van der Waals surface area contributed by atoms with E-state index in [1.54, 1.807) is 6.07 Å². The van der Waals surface area contributed by atoms with E-state index in [9.17, 15) is 4.39 Å². The third-order valence-electron chi connectivity index (χ3n) is 4.64. The number of rotatable bonds is 6. The highest BCUT2D eigenvalue weighted by Crippen LogP contribution is 2.20. The second-order valence-electron chi connectivity index (χ2n) is 6.47. The number of benzene rings is 1. The largest absolute Gasteiger partial charge is 0.339 e. The Bertz CT molecular complexity index is 769. The van der Waals surface area contributed by atoms with Crippen LogP contribution in [0.25, 0.3) is 0 Å². The average molecular weight is 343 g/mol. The molecule has 132 valence electrons. The minimum absolute atomic E-state index is 0.255. The Morgan fingerprint density at radius 2 is 2.32 bits per heavy atom. The predicted octanol–water partition coefficient (Wildman–Crippen LogP) is 2.35. The van der Waals surface area contributed by atoms with Gasteiger partial charge in [0.15, 0.2) is 5.82 Å². The lowest BCUT2D eigenvalue weighted by Crippen LogP contribution is -2.34. The molecule has 0 amide bonds. The van der Waals surface area contributed by atoms with E-state index in [1.807, 2.05) is 14.0 Å². The fraction of sp³-hybridized carbons (Fsp3) is 0.500. The number of halogens is 1. The molecule has 7 heteroatoms. The molecule has 0 spiro atoms. The van der Waals surface area contributed by atoms with Gasteiger partial charge < -0.3 is 4.52 Å². The summed E-state index contributed by atoms with van der Waals surface area (Å²) in [6.07, 6.45) is 1.75. The first kappa shape index (κ1) is 17.5. The molecule has 0 aliphatic carbocycles. The second kappa shape index (κ2) is 7.72. The van der Waals surface area contributed by atoms with Gasteiger partial charge in [0.1, 0.15) is 5.82 Å². The van der Waals surface area contributed by atoms with Crippen LogP contribution in [-0.4, -0.2) is 46.1 Å². The lowest BCUT2D eigenvalue weighted by molar-refractivity contribution is 0.215. The van der Waals surface area contributed by atoms with Gasteiger partial charge in [0.25, 0.3) is 0 Å². The first-order valence-corrected chi connectivity index (χ1v) is 8.51. The van der Waals surface area contributed by atoms with Gasteiger partial charge in [-0.3, -0.25) is 9.80 Å². The molecule has 1 aromatic carbocycles. The summed E-state index contributed by atoms with van der Waals surface area (Å²) in [6, 6.07) is 6.95. The Labute approximate surface area is 146 Å². The topological polar surface area (TPSA) is 69.2 Å². The van der Waals surface area contributed by atoms with Crippen LogP contribution >= 0.6 is 0 Å². The van der Waals surface area contributed by atoms with Gasteiger partial charge in [0, 0.05) is 37.7 Å². The Hall–Kier alpha value is -2.30. The number of nitrogens with zero attached hydrogens (tertiary/aromatic N) is 5. The molecule has 1 atom stereocenters. The van der Waals surface area contributed by atoms with Crippen LogP contribution in [0.3, 0.4) is 0 Å².